The molecule has 0 fully saturated rings. The second kappa shape index (κ2) is 10.6. The van der Waals surface area contributed by atoms with Crippen LogP contribution in [0.3, 0.4) is 0 Å². The lowest BCUT2D eigenvalue weighted by atomic mass is 9.86. The summed E-state index contributed by atoms with van der Waals surface area (Å²) in [4.78, 5) is 23.6. The normalized spacial score (nSPS) is 15.0. The third-order valence-electron chi connectivity index (χ3n) is 6.60. The van der Waals surface area contributed by atoms with Crippen LogP contribution in [0.1, 0.15) is 11.1 Å². The highest BCUT2D eigenvalue weighted by Crippen LogP contribution is 2.36. The largest absolute Gasteiger partial charge is 0.481 e. The third-order valence-corrected chi connectivity index (χ3v) is 8.91. The standard InChI is InChI=1S/C29H28N2O5S/c30-25(19-21-12-5-2-6-13-21)27(32)29(31,24(28(33)34)18-20-10-3-1-4-11-20)37(35,36)26-17-9-15-22-14-7-8-16-23(22)26/h1-17,24-25H,18-19,30-31H2,(H,33,34)/t24?,25?,29-/m1/s1. The Morgan fingerprint density at radius 1 is 0.757 bits per heavy atom. The van der Waals surface area contributed by atoms with Gasteiger partial charge in [0.05, 0.1) is 10.9 Å². The Labute approximate surface area is 215 Å². The van der Waals surface area contributed by atoms with Crippen molar-refractivity contribution in [3.05, 3.63) is 114 Å². The molecule has 5 N–H and O–H groups in total. The summed E-state index contributed by atoms with van der Waals surface area (Å²) < 4.78 is 28.7. The Morgan fingerprint density at radius 2 is 1.27 bits per heavy atom. The van der Waals surface area contributed by atoms with Crippen LogP contribution in [0.15, 0.2) is 108 Å². The lowest BCUT2D eigenvalue weighted by Gasteiger charge is -2.35. The molecule has 190 valence electrons. The summed E-state index contributed by atoms with van der Waals surface area (Å²) in [6.07, 6.45) is -0.276. The summed E-state index contributed by atoms with van der Waals surface area (Å²) in [6, 6.07) is 27.3. The van der Waals surface area contributed by atoms with Gasteiger partial charge in [0.25, 0.3) is 0 Å². The van der Waals surface area contributed by atoms with Crippen LogP contribution in [-0.4, -0.2) is 36.2 Å². The number of carbonyl (C=O) groups is 2. The first-order valence-corrected chi connectivity index (χ1v) is 13.3. The molecule has 37 heavy (non-hydrogen) atoms. The molecule has 0 spiro atoms. The minimum atomic E-state index is -4.76. The molecule has 8 heteroatoms. The van der Waals surface area contributed by atoms with Crippen LogP contribution in [-0.2, 0) is 32.3 Å². The van der Waals surface area contributed by atoms with Gasteiger partial charge in [-0.3, -0.25) is 9.59 Å². The van der Waals surface area contributed by atoms with Crippen LogP contribution in [0.25, 0.3) is 10.8 Å². The topological polar surface area (TPSA) is 141 Å². The summed E-state index contributed by atoms with van der Waals surface area (Å²) in [6.45, 7) is 0. The summed E-state index contributed by atoms with van der Waals surface area (Å²) in [5, 5.41) is 11.2. The fourth-order valence-corrected chi connectivity index (χ4v) is 6.70. The van der Waals surface area contributed by atoms with Crippen LogP contribution < -0.4 is 11.5 Å². The van der Waals surface area contributed by atoms with Gasteiger partial charge in [-0.25, -0.2) is 8.42 Å². The molecule has 0 saturated heterocycles. The molecule has 2 unspecified atom stereocenters. The number of hydrogen-bond acceptors (Lipinski definition) is 6. The molecule has 4 aromatic rings. The maximum absolute atomic E-state index is 14.3. The van der Waals surface area contributed by atoms with E-state index in [1.807, 2.05) is 0 Å². The molecule has 0 bridgehead atoms. The molecule has 0 saturated carbocycles. The molecular weight excluding hydrogens is 488 g/mol. The van der Waals surface area contributed by atoms with E-state index >= 15 is 0 Å². The summed E-state index contributed by atoms with van der Waals surface area (Å²) >= 11 is 0. The van der Waals surface area contributed by atoms with Gasteiger partial charge in [0.1, 0.15) is 5.92 Å². The Balaban J connectivity index is 1.90. The molecule has 0 radical (unpaired) electrons. The molecule has 0 aliphatic heterocycles. The average molecular weight is 517 g/mol. The quantitative estimate of drug-likeness (QED) is 0.294. The Bertz CT molecular complexity index is 1520. The van der Waals surface area contributed by atoms with Crippen LogP contribution in [0.4, 0.5) is 0 Å². The molecule has 0 aliphatic rings. The number of Topliss-reactive ketones (excluding diaryl/α,β-unsaturated/α-hetero) is 1. The Hall–Kier alpha value is -3.85. The van der Waals surface area contributed by atoms with E-state index in [9.17, 15) is 23.1 Å². The maximum Gasteiger partial charge on any atom is 0.310 e. The van der Waals surface area contributed by atoms with Crippen molar-refractivity contribution in [2.75, 3.05) is 0 Å². The lowest BCUT2D eigenvalue weighted by molar-refractivity contribution is -0.145. The van der Waals surface area contributed by atoms with Gasteiger partial charge < -0.3 is 16.6 Å². The van der Waals surface area contributed by atoms with Crippen molar-refractivity contribution in [2.24, 2.45) is 17.4 Å². The predicted molar refractivity (Wildman–Crippen MR) is 142 cm³/mol. The first-order valence-electron chi connectivity index (χ1n) is 11.8. The summed E-state index contributed by atoms with van der Waals surface area (Å²) in [7, 11) is -4.76. The zero-order chi connectivity index (χ0) is 26.6. The van der Waals surface area contributed by atoms with Crippen molar-refractivity contribution in [2.45, 2.75) is 28.6 Å². The fourth-order valence-electron chi connectivity index (χ4n) is 4.63. The second-order valence-electron chi connectivity index (χ2n) is 9.01. The van der Waals surface area contributed by atoms with Crippen molar-refractivity contribution in [3.63, 3.8) is 0 Å². The zero-order valence-electron chi connectivity index (χ0n) is 20.0. The minimum Gasteiger partial charge on any atom is -0.481 e. The van der Waals surface area contributed by atoms with Gasteiger partial charge in [0.2, 0.25) is 9.84 Å². The highest BCUT2D eigenvalue weighted by Gasteiger charge is 2.58. The lowest BCUT2D eigenvalue weighted by Crippen LogP contribution is -2.66. The predicted octanol–water partition coefficient (Wildman–Crippen LogP) is 3.35. The number of carbonyl (C=O) groups excluding carboxylic acids is 1. The molecule has 3 atom stereocenters. The number of ketones is 1. The first-order chi connectivity index (χ1) is 17.7. The van der Waals surface area contributed by atoms with E-state index in [1.165, 1.54) is 12.1 Å². The monoisotopic (exact) mass is 516 g/mol. The van der Waals surface area contributed by atoms with E-state index in [0.29, 0.717) is 21.9 Å². The molecule has 4 rings (SSSR count). The highest BCUT2D eigenvalue weighted by atomic mass is 32.2. The van der Waals surface area contributed by atoms with Crippen molar-refractivity contribution < 1.29 is 23.1 Å². The summed E-state index contributed by atoms with van der Waals surface area (Å²) in [5.74, 6) is -4.35. The molecule has 7 nitrogen and oxygen atoms in total. The van der Waals surface area contributed by atoms with Crippen LogP contribution in [0.5, 0.6) is 0 Å². The number of carboxylic acid groups (broad SMARTS) is 1. The van der Waals surface area contributed by atoms with E-state index in [0.717, 1.165) is 0 Å². The van der Waals surface area contributed by atoms with Crippen LogP contribution >= 0.6 is 0 Å². The molecule has 0 amide bonds. The zero-order valence-corrected chi connectivity index (χ0v) is 20.8. The number of hydrogen-bond donors (Lipinski definition) is 3. The van der Waals surface area contributed by atoms with E-state index < -0.39 is 38.4 Å². The van der Waals surface area contributed by atoms with Crippen molar-refractivity contribution in [1.29, 1.82) is 0 Å². The van der Waals surface area contributed by atoms with Gasteiger partial charge >= 0.3 is 5.97 Å². The fraction of sp³-hybridized carbons (Fsp3) is 0.172. The van der Waals surface area contributed by atoms with E-state index in [1.54, 1.807) is 91.0 Å². The molecule has 0 heterocycles. The maximum atomic E-state index is 14.3. The molecule has 0 aliphatic carbocycles. The first kappa shape index (κ1) is 26.2. The van der Waals surface area contributed by atoms with Gasteiger partial charge in [-0.15, -0.1) is 0 Å². The number of aliphatic carboxylic acids is 1. The van der Waals surface area contributed by atoms with Gasteiger partial charge in [-0.1, -0.05) is 97.1 Å². The third kappa shape index (κ3) is 5.04. The van der Waals surface area contributed by atoms with Gasteiger partial charge in [0.15, 0.2) is 10.7 Å². The number of carboxylic acids is 1. The number of sulfone groups is 1. The highest BCUT2D eigenvalue weighted by molar-refractivity contribution is 7.93. The van der Waals surface area contributed by atoms with Crippen molar-refractivity contribution >= 4 is 32.4 Å². The molecule has 4 aromatic carbocycles. The second-order valence-corrected chi connectivity index (χ2v) is 11.1. The summed E-state index contributed by atoms with van der Waals surface area (Å²) in [5.41, 5.74) is 14.1. The Morgan fingerprint density at radius 3 is 1.86 bits per heavy atom. The number of benzene rings is 4. The number of fused-ring (bicyclic) bond motifs is 1. The smallest absolute Gasteiger partial charge is 0.310 e. The van der Waals surface area contributed by atoms with E-state index in [2.05, 4.69) is 0 Å². The van der Waals surface area contributed by atoms with Gasteiger partial charge in [-0.05, 0) is 35.4 Å². The van der Waals surface area contributed by atoms with Crippen LogP contribution in [0.2, 0.25) is 0 Å². The average Bonchev–Trinajstić information content (AvgIpc) is 2.91. The van der Waals surface area contributed by atoms with Gasteiger partial charge in [-0.2, -0.15) is 0 Å². The number of nitrogens with two attached hydrogens (primary N) is 2. The van der Waals surface area contributed by atoms with Gasteiger partial charge in [0, 0.05) is 5.39 Å². The SMILES string of the molecule is NC(Cc1ccccc1)C(=O)[C@@](N)(C(Cc1ccccc1)C(=O)O)S(=O)(=O)c1cccc2ccccc12. The Kier molecular flexibility index (Phi) is 7.54. The van der Waals surface area contributed by atoms with E-state index in [-0.39, 0.29) is 17.7 Å². The van der Waals surface area contributed by atoms with Crippen LogP contribution in [0, 0.1) is 5.92 Å². The minimum absolute atomic E-state index is 0.00135. The van der Waals surface area contributed by atoms with Crippen molar-refractivity contribution in [1.82, 2.24) is 0 Å². The number of rotatable bonds is 10. The van der Waals surface area contributed by atoms with E-state index in [4.69, 9.17) is 11.5 Å². The van der Waals surface area contributed by atoms with Crippen molar-refractivity contribution in [3.8, 4) is 0 Å². The molecular formula is C29H28N2O5S. The molecule has 0 aromatic heterocycles.